The van der Waals surface area contributed by atoms with Crippen molar-refractivity contribution >= 4 is 17.5 Å². The number of benzene rings is 1. The maximum absolute atomic E-state index is 11.8. The molecule has 3 fully saturated rings. The van der Waals surface area contributed by atoms with Gasteiger partial charge in [-0.3, -0.25) is 9.69 Å². The van der Waals surface area contributed by atoms with Crippen LogP contribution in [0.2, 0.25) is 0 Å². The Bertz CT molecular complexity index is 1320. The molecule has 2 aromatic heterocycles. The number of fused-ring (bicyclic) bond motifs is 2. The average Bonchev–Trinajstić information content (AvgIpc) is 3.41. The van der Waals surface area contributed by atoms with Crippen molar-refractivity contribution in [3.05, 3.63) is 54.1 Å². The summed E-state index contributed by atoms with van der Waals surface area (Å²) in [4.78, 5) is 25.9. The number of carbonyl (C=O) groups is 1. The quantitative estimate of drug-likeness (QED) is 0.402. The topological polar surface area (TPSA) is 143 Å². The van der Waals surface area contributed by atoms with Crippen LogP contribution in [0.15, 0.2) is 42.7 Å². The Hall–Kier alpha value is -3.83. The minimum atomic E-state index is -0.127. The van der Waals surface area contributed by atoms with Gasteiger partial charge in [-0.25, -0.2) is 9.97 Å². The lowest BCUT2D eigenvalue weighted by Gasteiger charge is -2.46. The second kappa shape index (κ2) is 10.7. The smallest absolute Gasteiger partial charge is 0.310 e. The maximum Gasteiger partial charge on any atom is 0.310 e. The third kappa shape index (κ3) is 5.37. The number of piperidine rings is 1. The van der Waals surface area contributed by atoms with Crippen LogP contribution in [0.1, 0.15) is 36.6 Å². The molecule has 2 unspecified atom stereocenters. The number of nitrogens with one attached hydrogen (secondary N) is 1. The molecular weight excluding hydrogens is 496 g/mol. The Morgan fingerprint density at radius 2 is 1.87 bits per heavy atom. The van der Waals surface area contributed by atoms with Crippen molar-refractivity contribution in [2.75, 3.05) is 43.9 Å². The molecule has 5 heterocycles. The summed E-state index contributed by atoms with van der Waals surface area (Å²) in [6, 6.07) is 9.58. The first-order valence-corrected chi connectivity index (χ1v) is 13.5. The van der Waals surface area contributed by atoms with E-state index >= 15 is 0 Å². The summed E-state index contributed by atoms with van der Waals surface area (Å²) < 4.78 is 4.89. The Labute approximate surface area is 227 Å². The molecule has 3 aromatic rings. The van der Waals surface area contributed by atoms with Crippen LogP contribution in [0.5, 0.6) is 5.75 Å². The van der Waals surface area contributed by atoms with Crippen LogP contribution >= 0.6 is 0 Å². The molecule has 0 spiro atoms. The lowest BCUT2D eigenvalue weighted by atomic mass is 9.84. The molecule has 204 valence electrons. The predicted octanol–water partition coefficient (Wildman–Crippen LogP) is 1.94. The Morgan fingerprint density at radius 3 is 2.59 bits per heavy atom. The van der Waals surface area contributed by atoms with Gasteiger partial charge in [0, 0.05) is 67.7 Å². The lowest BCUT2D eigenvalue weighted by molar-refractivity contribution is -0.144. The average molecular weight is 531 g/mol. The monoisotopic (exact) mass is 530 g/mol. The number of phenols is 1. The zero-order chi connectivity index (χ0) is 26.9. The lowest BCUT2D eigenvalue weighted by Crippen LogP contribution is -2.60. The Morgan fingerprint density at radius 1 is 1.13 bits per heavy atom. The van der Waals surface area contributed by atoms with Crippen molar-refractivity contribution in [3.63, 3.8) is 0 Å². The minimum absolute atomic E-state index is 0.0423. The number of methoxy groups -OCH3 is 1. The van der Waals surface area contributed by atoms with Gasteiger partial charge in [0.05, 0.1) is 24.4 Å². The standard InChI is InChI=1S/C28H34N8O3/c1-39-28(38)18-6-7-35(14-18)13-17-11-30-27(31-12-17)19-8-20-15-36(16-21(9-19)32-20)24-10-23(33-34-26(24)29)22-4-2-3-5-25(22)37/h2-5,10-12,18-21,32,37H,6-9,13-16H2,1H3,(H2,29,34)/t18-,19?,20?,21?/m1/s1. The second-order valence-corrected chi connectivity index (χ2v) is 10.8. The van der Waals surface area contributed by atoms with E-state index in [4.69, 9.17) is 20.4 Å². The maximum atomic E-state index is 11.8. The largest absolute Gasteiger partial charge is 0.507 e. The molecule has 11 nitrogen and oxygen atoms in total. The number of nitrogens with two attached hydrogens (primary N) is 1. The first kappa shape index (κ1) is 25.4. The van der Waals surface area contributed by atoms with Gasteiger partial charge in [-0.2, -0.15) is 0 Å². The van der Waals surface area contributed by atoms with Crippen LogP contribution in [0.25, 0.3) is 11.3 Å². The number of aromatic nitrogens is 4. The molecule has 4 N–H and O–H groups in total. The van der Waals surface area contributed by atoms with Gasteiger partial charge >= 0.3 is 5.97 Å². The van der Waals surface area contributed by atoms with Crippen LogP contribution in [0.3, 0.4) is 0 Å². The molecule has 3 atom stereocenters. The molecule has 39 heavy (non-hydrogen) atoms. The summed E-state index contributed by atoms with van der Waals surface area (Å²) in [5.74, 6) is 1.57. The number of piperazine rings is 1. The molecule has 3 saturated heterocycles. The molecular formula is C28H34N8O3. The number of nitrogen functional groups attached to an aromatic ring is 1. The van der Waals surface area contributed by atoms with Gasteiger partial charge in [-0.05, 0) is 44.0 Å². The molecule has 6 rings (SSSR count). The van der Waals surface area contributed by atoms with Gasteiger partial charge in [0.1, 0.15) is 11.6 Å². The molecule has 2 bridgehead atoms. The Balaban J connectivity index is 1.10. The zero-order valence-corrected chi connectivity index (χ0v) is 22.0. The first-order chi connectivity index (χ1) is 19.0. The minimum Gasteiger partial charge on any atom is -0.507 e. The summed E-state index contributed by atoms with van der Waals surface area (Å²) in [6.07, 6.45) is 6.56. The van der Waals surface area contributed by atoms with E-state index in [0.29, 0.717) is 23.6 Å². The van der Waals surface area contributed by atoms with E-state index in [1.807, 2.05) is 30.6 Å². The van der Waals surface area contributed by atoms with Crippen LogP contribution < -0.4 is 16.0 Å². The van der Waals surface area contributed by atoms with Gasteiger partial charge in [0.15, 0.2) is 5.82 Å². The summed E-state index contributed by atoms with van der Waals surface area (Å²) in [5.41, 5.74) is 9.40. The number of esters is 1. The number of aromatic hydroxyl groups is 1. The molecule has 3 aliphatic rings. The van der Waals surface area contributed by atoms with Gasteiger partial charge in [-0.1, -0.05) is 12.1 Å². The normalized spacial score (nSPS) is 25.0. The number of para-hydroxylation sites is 1. The van der Waals surface area contributed by atoms with Gasteiger partial charge in [0.2, 0.25) is 0 Å². The molecule has 0 saturated carbocycles. The highest BCUT2D eigenvalue weighted by Gasteiger charge is 2.37. The number of anilines is 2. The summed E-state index contributed by atoms with van der Waals surface area (Å²) in [5, 5.41) is 22.4. The fourth-order valence-electron chi connectivity index (χ4n) is 6.24. The molecule has 1 aromatic carbocycles. The number of likely N-dealkylation sites (tertiary alicyclic amines) is 1. The highest BCUT2D eigenvalue weighted by atomic mass is 16.5. The third-order valence-electron chi connectivity index (χ3n) is 8.12. The van der Waals surface area contributed by atoms with E-state index in [1.165, 1.54) is 7.11 Å². The van der Waals surface area contributed by atoms with Gasteiger partial charge in [0.25, 0.3) is 0 Å². The summed E-state index contributed by atoms with van der Waals surface area (Å²) >= 11 is 0. The molecule has 3 aliphatic heterocycles. The van der Waals surface area contributed by atoms with Crippen molar-refractivity contribution < 1.29 is 14.6 Å². The van der Waals surface area contributed by atoms with E-state index < -0.39 is 0 Å². The molecule has 0 radical (unpaired) electrons. The van der Waals surface area contributed by atoms with Gasteiger partial charge in [-0.15, -0.1) is 10.2 Å². The number of ether oxygens (including phenoxy) is 1. The highest BCUT2D eigenvalue weighted by Crippen LogP contribution is 2.36. The fraction of sp³-hybridized carbons (Fsp3) is 0.464. The molecule has 11 heteroatoms. The fourth-order valence-corrected chi connectivity index (χ4v) is 6.24. The first-order valence-electron chi connectivity index (χ1n) is 13.5. The SMILES string of the molecule is COC(=O)[C@@H]1CCN(Cc2cnc(C3CC4CN(c5cc(-c6ccccc6O)nnc5N)CC(C3)N4)nc2)C1. The number of hydrogen-bond acceptors (Lipinski definition) is 11. The number of hydrogen-bond donors (Lipinski definition) is 3. The molecule has 0 amide bonds. The number of carbonyl (C=O) groups excluding carboxylic acids is 1. The van der Waals surface area contributed by atoms with Crippen LogP contribution in [-0.2, 0) is 16.1 Å². The van der Waals surface area contributed by atoms with Crippen molar-refractivity contribution in [1.82, 2.24) is 30.4 Å². The van der Waals surface area contributed by atoms with E-state index in [-0.39, 0.29) is 35.6 Å². The van der Waals surface area contributed by atoms with Crippen molar-refractivity contribution in [1.29, 1.82) is 0 Å². The van der Waals surface area contributed by atoms with E-state index in [1.54, 1.807) is 12.1 Å². The number of nitrogens with zero attached hydrogens (tertiary/aromatic N) is 6. The zero-order valence-electron chi connectivity index (χ0n) is 22.0. The second-order valence-electron chi connectivity index (χ2n) is 10.8. The van der Waals surface area contributed by atoms with E-state index in [2.05, 4.69) is 25.3 Å². The van der Waals surface area contributed by atoms with E-state index in [0.717, 1.165) is 62.5 Å². The van der Waals surface area contributed by atoms with Gasteiger partial charge < -0.3 is 25.8 Å². The Kier molecular flexibility index (Phi) is 7.01. The number of rotatable bonds is 6. The summed E-state index contributed by atoms with van der Waals surface area (Å²) in [6.45, 7) is 3.91. The third-order valence-corrected chi connectivity index (χ3v) is 8.12. The van der Waals surface area contributed by atoms with Crippen molar-refractivity contribution in [2.24, 2.45) is 5.92 Å². The predicted molar refractivity (Wildman–Crippen MR) is 146 cm³/mol. The summed E-state index contributed by atoms with van der Waals surface area (Å²) in [7, 11) is 1.45. The van der Waals surface area contributed by atoms with Crippen molar-refractivity contribution in [2.45, 2.75) is 43.8 Å². The van der Waals surface area contributed by atoms with Crippen LogP contribution in [0.4, 0.5) is 11.5 Å². The highest BCUT2D eigenvalue weighted by molar-refractivity contribution is 5.74. The van der Waals surface area contributed by atoms with E-state index in [9.17, 15) is 9.90 Å². The molecule has 0 aliphatic carbocycles. The number of phenolic OH excluding ortho intramolecular Hbond substituents is 1. The van der Waals surface area contributed by atoms with Crippen LogP contribution in [0, 0.1) is 5.92 Å². The van der Waals surface area contributed by atoms with Crippen LogP contribution in [-0.4, -0.2) is 81.5 Å². The van der Waals surface area contributed by atoms with Crippen molar-refractivity contribution in [3.8, 4) is 17.0 Å².